The molecule has 0 N–H and O–H groups in total. The molecule has 0 spiro atoms. The molecule has 3 heteroatoms. The molecule has 1 aromatic heterocycles. The van der Waals surface area contributed by atoms with E-state index in [-0.39, 0.29) is 0 Å². The Morgan fingerprint density at radius 1 is 1.29 bits per heavy atom. The molecule has 0 fully saturated rings. The van der Waals surface area contributed by atoms with E-state index in [2.05, 4.69) is 4.98 Å². The maximum Gasteiger partial charge on any atom is 0.140 e. The van der Waals surface area contributed by atoms with Crippen molar-refractivity contribution in [3.8, 4) is 11.4 Å². The van der Waals surface area contributed by atoms with Crippen molar-refractivity contribution in [1.82, 2.24) is 9.55 Å². The largest absolute Gasteiger partial charge is 0.334 e. The van der Waals surface area contributed by atoms with Crippen LogP contribution in [0.2, 0.25) is 0 Å². The van der Waals surface area contributed by atoms with E-state index in [1.165, 1.54) is 0 Å². The molecule has 0 bridgehead atoms. The smallest absolute Gasteiger partial charge is 0.140 e. The fourth-order valence-corrected chi connectivity index (χ4v) is 1.58. The van der Waals surface area contributed by atoms with Crippen LogP contribution in [0.15, 0.2) is 36.5 Å². The molecule has 2 rings (SSSR count). The van der Waals surface area contributed by atoms with Crippen molar-refractivity contribution in [2.75, 3.05) is 0 Å². The van der Waals surface area contributed by atoms with Gasteiger partial charge >= 0.3 is 0 Å². The van der Waals surface area contributed by atoms with Gasteiger partial charge in [0.05, 0.1) is 11.6 Å². The van der Waals surface area contributed by atoms with Crippen molar-refractivity contribution in [2.24, 2.45) is 7.05 Å². The van der Waals surface area contributed by atoms with Gasteiger partial charge in [0, 0.05) is 18.8 Å². The summed E-state index contributed by atoms with van der Waals surface area (Å²) in [5.41, 5.74) is 2.03. The highest BCUT2D eigenvalue weighted by molar-refractivity contribution is 6.16. The van der Waals surface area contributed by atoms with Gasteiger partial charge in [-0.2, -0.15) is 0 Å². The first-order valence-corrected chi connectivity index (χ1v) is 4.98. The zero-order valence-electron chi connectivity index (χ0n) is 7.94. The van der Waals surface area contributed by atoms with Crippen LogP contribution >= 0.6 is 11.6 Å². The molecule has 2 aromatic rings. The average Bonchev–Trinajstić information content (AvgIpc) is 2.61. The molecule has 0 saturated carbocycles. The van der Waals surface area contributed by atoms with Crippen molar-refractivity contribution in [1.29, 1.82) is 0 Å². The topological polar surface area (TPSA) is 17.8 Å². The zero-order valence-corrected chi connectivity index (χ0v) is 8.70. The summed E-state index contributed by atoms with van der Waals surface area (Å²) in [7, 11) is 1.98. The van der Waals surface area contributed by atoms with Gasteiger partial charge in [-0.1, -0.05) is 30.3 Å². The Morgan fingerprint density at radius 2 is 2.00 bits per heavy atom. The van der Waals surface area contributed by atoms with Gasteiger partial charge in [0.1, 0.15) is 5.82 Å². The quantitative estimate of drug-likeness (QED) is 0.691. The summed E-state index contributed by atoms with van der Waals surface area (Å²) >= 11 is 5.72. The fourth-order valence-electron chi connectivity index (χ4n) is 1.45. The maximum atomic E-state index is 5.72. The van der Waals surface area contributed by atoms with E-state index in [1.54, 1.807) is 0 Å². The Kier molecular flexibility index (Phi) is 2.55. The first-order valence-electron chi connectivity index (χ1n) is 4.45. The van der Waals surface area contributed by atoms with Crippen LogP contribution in [0, 0.1) is 0 Å². The number of benzene rings is 1. The van der Waals surface area contributed by atoms with Gasteiger partial charge in [-0.15, -0.1) is 11.6 Å². The van der Waals surface area contributed by atoms with Gasteiger partial charge in [0.25, 0.3) is 0 Å². The summed E-state index contributed by atoms with van der Waals surface area (Å²) in [6, 6.07) is 10.1. The third-order valence-electron chi connectivity index (χ3n) is 2.10. The third kappa shape index (κ3) is 1.66. The van der Waals surface area contributed by atoms with Crippen molar-refractivity contribution in [3.05, 3.63) is 42.2 Å². The Hall–Kier alpha value is -1.28. The van der Waals surface area contributed by atoms with E-state index >= 15 is 0 Å². The van der Waals surface area contributed by atoms with Gasteiger partial charge in [-0.3, -0.25) is 0 Å². The van der Waals surface area contributed by atoms with Gasteiger partial charge in [0.2, 0.25) is 0 Å². The molecular formula is C11H11ClN2. The highest BCUT2D eigenvalue weighted by Gasteiger charge is 2.05. The summed E-state index contributed by atoms with van der Waals surface area (Å²) in [4.78, 5) is 4.43. The van der Waals surface area contributed by atoms with Crippen LogP contribution in [0.1, 0.15) is 5.69 Å². The van der Waals surface area contributed by atoms with Crippen LogP contribution in [0.3, 0.4) is 0 Å². The number of hydrogen-bond donors (Lipinski definition) is 0. The van der Waals surface area contributed by atoms with Crippen LogP contribution in [-0.4, -0.2) is 9.55 Å². The lowest BCUT2D eigenvalue weighted by Gasteiger charge is -1.99. The third-order valence-corrected chi connectivity index (χ3v) is 2.37. The lowest BCUT2D eigenvalue weighted by molar-refractivity contribution is 0.924. The van der Waals surface area contributed by atoms with E-state index < -0.39 is 0 Å². The minimum absolute atomic E-state index is 0.459. The second-order valence-corrected chi connectivity index (χ2v) is 3.43. The van der Waals surface area contributed by atoms with E-state index in [0.29, 0.717) is 5.88 Å². The fraction of sp³-hybridized carbons (Fsp3) is 0.182. The second-order valence-electron chi connectivity index (χ2n) is 3.17. The number of rotatable bonds is 2. The monoisotopic (exact) mass is 206 g/mol. The van der Waals surface area contributed by atoms with Crippen LogP contribution in [-0.2, 0) is 12.9 Å². The summed E-state index contributed by atoms with van der Waals surface area (Å²) in [6.45, 7) is 0. The van der Waals surface area contributed by atoms with E-state index in [9.17, 15) is 0 Å². The number of aryl methyl sites for hydroxylation is 1. The SMILES string of the molecule is Cn1cc(CCl)nc1-c1ccccc1. The van der Waals surface area contributed by atoms with Crippen molar-refractivity contribution in [2.45, 2.75) is 5.88 Å². The summed E-state index contributed by atoms with van der Waals surface area (Å²) < 4.78 is 1.99. The molecule has 0 unspecified atom stereocenters. The van der Waals surface area contributed by atoms with Gasteiger partial charge in [-0.25, -0.2) is 4.98 Å². The molecule has 0 aliphatic heterocycles. The summed E-state index contributed by atoms with van der Waals surface area (Å²) in [6.07, 6.45) is 1.95. The molecule has 0 aliphatic carbocycles. The van der Waals surface area contributed by atoms with E-state index in [0.717, 1.165) is 17.1 Å². The second kappa shape index (κ2) is 3.84. The molecule has 1 heterocycles. The predicted octanol–water partition coefficient (Wildman–Crippen LogP) is 2.83. The van der Waals surface area contributed by atoms with Crippen LogP contribution in [0.5, 0.6) is 0 Å². The lowest BCUT2D eigenvalue weighted by Crippen LogP contribution is -1.89. The van der Waals surface area contributed by atoms with Gasteiger partial charge in [0.15, 0.2) is 0 Å². The van der Waals surface area contributed by atoms with Crippen molar-refractivity contribution >= 4 is 11.6 Å². The molecule has 14 heavy (non-hydrogen) atoms. The first kappa shape index (κ1) is 9.28. The van der Waals surface area contributed by atoms with Crippen LogP contribution in [0.25, 0.3) is 11.4 Å². The highest BCUT2D eigenvalue weighted by atomic mass is 35.5. The highest BCUT2D eigenvalue weighted by Crippen LogP contribution is 2.17. The van der Waals surface area contributed by atoms with E-state index in [1.807, 2.05) is 48.1 Å². The number of halogens is 1. The zero-order chi connectivity index (χ0) is 9.97. The Morgan fingerprint density at radius 3 is 2.57 bits per heavy atom. The molecule has 0 atom stereocenters. The normalized spacial score (nSPS) is 10.4. The van der Waals surface area contributed by atoms with Crippen LogP contribution in [0.4, 0.5) is 0 Å². The number of nitrogens with zero attached hydrogens (tertiary/aromatic N) is 2. The van der Waals surface area contributed by atoms with Crippen molar-refractivity contribution in [3.63, 3.8) is 0 Å². The van der Waals surface area contributed by atoms with Gasteiger partial charge in [-0.05, 0) is 0 Å². The minimum Gasteiger partial charge on any atom is -0.334 e. The number of aromatic nitrogens is 2. The number of hydrogen-bond acceptors (Lipinski definition) is 1. The van der Waals surface area contributed by atoms with Crippen molar-refractivity contribution < 1.29 is 0 Å². The molecular weight excluding hydrogens is 196 g/mol. The maximum absolute atomic E-state index is 5.72. The standard InChI is InChI=1S/C11H11ClN2/c1-14-8-10(7-12)13-11(14)9-5-3-2-4-6-9/h2-6,8H,7H2,1H3. The Balaban J connectivity index is 2.46. The molecule has 1 aromatic carbocycles. The van der Waals surface area contributed by atoms with Crippen LogP contribution < -0.4 is 0 Å². The summed E-state index contributed by atoms with van der Waals surface area (Å²) in [5.74, 6) is 1.42. The lowest BCUT2D eigenvalue weighted by atomic mass is 10.2. The minimum atomic E-state index is 0.459. The molecule has 0 amide bonds. The molecule has 0 saturated heterocycles. The first-order chi connectivity index (χ1) is 6.81. The molecule has 2 nitrogen and oxygen atoms in total. The molecule has 72 valence electrons. The molecule has 0 aliphatic rings. The van der Waals surface area contributed by atoms with Gasteiger partial charge < -0.3 is 4.57 Å². The average molecular weight is 207 g/mol. The Bertz CT molecular complexity index is 420. The predicted molar refractivity (Wildman–Crippen MR) is 58.2 cm³/mol. The van der Waals surface area contributed by atoms with E-state index in [4.69, 9.17) is 11.6 Å². The molecule has 0 radical (unpaired) electrons. The number of imidazole rings is 1. The Labute approximate surface area is 88.2 Å². The number of alkyl halides is 1. The summed E-state index contributed by atoms with van der Waals surface area (Å²) in [5, 5.41) is 0.